The molecule has 4 saturated heterocycles. The second-order valence-corrected chi connectivity index (χ2v) is 12.1. The molecule has 1 saturated carbocycles. The number of aromatic nitrogens is 3. The van der Waals surface area contributed by atoms with Gasteiger partial charge in [0, 0.05) is 12.7 Å². The van der Waals surface area contributed by atoms with Crippen LogP contribution in [0.3, 0.4) is 0 Å². The van der Waals surface area contributed by atoms with E-state index in [9.17, 15) is 19.8 Å². The van der Waals surface area contributed by atoms with Gasteiger partial charge in [-0.15, -0.1) is 5.10 Å². The molecule has 1 aliphatic carbocycles. The highest BCUT2D eigenvalue weighted by atomic mass is 16.9. The van der Waals surface area contributed by atoms with Gasteiger partial charge in [-0.3, -0.25) is 9.59 Å². The van der Waals surface area contributed by atoms with Crippen LogP contribution in [0.4, 0.5) is 0 Å². The zero-order valence-corrected chi connectivity index (χ0v) is 25.5. The molecule has 4 N–H and O–H groups in total. The molecule has 2 aromatic rings. The molecule has 0 spiro atoms. The number of methoxy groups -OCH3 is 1. The molecule has 4 aliphatic heterocycles. The molecule has 7 rings (SSSR count). The molecular formula is C30H38N4O13. The summed E-state index contributed by atoms with van der Waals surface area (Å²) in [6, 6.07) is 9.34. The van der Waals surface area contributed by atoms with Gasteiger partial charge in [0.25, 0.3) is 12.4 Å². The second kappa shape index (κ2) is 13.8. The van der Waals surface area contributed by atoms with Crippen molar-refractivity contribution in [2.24, 2.45) is 11.7 Å². The standard InChI is InChI=1S/C30H38N4O13/c1-39-30-46-22-18(43-26(23(22)47-30)34-13-32-25(33-34)24(31)37)11-40-27(38)14-7-9-16(10-8-14)42-29-20(36)19(35)21-17(44-29)12-41-28(45-21)15-5-3-2-4-6-15/h2-6,13-14,16-23,26,28-30,35-36H,7-12H2,1H3,(H2,31,37)/t14?,16?,17?,18-,19?,20?,21+,22-,23-,26-,28?,29-,30?/m1/s1. The summed E-state index contributed by atoms with van der Waals surface area (Å²) in [6.07, 6.45) is -5.51. The summed E-state index contributed by atoms with van der Waals surface area (Å²) < 4.78 is 53.6. The number of ether oxygens (including phenoxy) is 9. The first-order chi connectivity index (χ1) is 22.8. The molecule has 5 heterocycles. The van der Waals surface area contributed by atoms with Gasteiger partial charge in [0.1, 0.15) is 55.7 Å². The molecule has 17 nitrogen and oxygen atoms in total. The predicted octanol–water partition coefficient (Wildman–Crippen LogP) is -0.332. The number of amides is 1. The van der Waals surface area contributed by atoms with Crippen LogP contribution >= 0.6 is 0 Å². The van der Waals surface area contributed by atoms with Crippen molar-refractivity contribution < 1.29 is 62.4 Å². The van der Waals surface area contributed by atoms with E-state index in [1.807, 2.05) is 30.3 Å². The van der Waals surface area contributed by atoms with E-state index in [4.69, 9.17) is 48.4 Å². The van der Waals surface area contributed by atoms with E-state index in [-0.39, 0.29) is 37.0 Å². The molecule has 17 heteroatoms. The van der Waals surface area contributed by atoms with Gasteiger partial charge in [0.05, 0.1) is 18.6 Å². The quantitative estimate of drug-likeness (QED) is 0.293. The molecule has 47 heavy (non-hydrogen) atoms. The lowest BCUT2D eigenvalue weighted by atomic mass is 9.87. The van der Waals surface area contributed by atoms with Gasteiger partial charge in [-0.2, -0.15) is 0 Å². The van der Waals surface area contributed by atoms with Crippen LogP contribution in [0.1, 0.15) is 54.4 Å². The van der Waals surface area contributed by atoms with Crippen LogP contribution in [-0.2, 0) is 47.4 Å². The van der Waals surface area contributed by atoms with Gasteiger partial charge in [-0.25, -0.2) is 9.67 Å². The molecule has 1 amide bonds. The summed E-state index contributed by atoms with van der Waals surface area (Å²) in [5.74, 6) is -1.73. The molecule has 5 fully saturated rings. The highest BCUT2D eigenvalue weighted by molar-refractivity contribution is 5.88. The van der Waals surface area contributed by atoms with E-state index >= 15 is 0 Å². The van der Waals surface area contributed by atoms with Crippen LogP contribution in [0.5, 0.6) is 0 Å². The smallest absolute Gasteiger partial charge is 0.309 e. The number of nitrogens with two attached hydrogens (primary N) is 1. The normalized spacial score (nSPS) is 40.0. The SMILES string of the molecule is COC1O[C@@H]2[C@H](O1)[C@@H](COC(=O)C1CCC(O[C@@H]3OC4COC(c5ccccc5)O[C@@H]4C(O)C3O)CC1)O[C@H]2n1cnc(C(N)=O)n1. The van der Waals surface area contributed by atoms with E-state index in [2.05, 4.69) is 10.1 Å². The van der Waals surface area contributed by atoms with Gasteiger partial charge >= 0.3 is 5.97 Å². The van der Waals surface area contributed by atoms with Gasteiger partial charge < -0.3 is 58.6 Å². The molecule has 0 bridgehead atoms. The summed E-state index contributed by atoms with van der Waals surface area (Å²) in [5.41, 5.74) is 6.07. The van der Waals surface area contributed by atoms with Gasteiger partial charge in [0.2, 0.25) is 5.82 Å². The summed E-state index contributed by atoms with van der Waals surface area (Å²) in [6.45, 7) is -0.898. The fraction of sp³-hybridized carbons (Fsp3) is 0.667. The average molecular weight is 663 g/mol. The van der Waals surface area contributed by atoms with Gasteiger partial charge in [-0.05, 0) is 25.7 Å². The largest absolute Gasteiger partial charge is 0.463 e. The van der Waals surface area contributed by atoms with Crippen molar-refractivity contribution in [3.05, 3.63) is 48.0 Å². The molecule has 11 atom stereocenters. The molecule has 1 aromatic carbocycles. The number of aliphatic hydroxyl groups excluding tert-OH is 2. The first-order valence-corrected chi connectivity index (χ1v) is 15.6. The second-order valence-electron chi connectivity index (χ2n) is 12.1. The lowest BCUT2D eigenvalue weighted by Crippen LogP contribution is -2.62. The minimum Gasteiger partial charge on any atom is -0.463 e. The monoisotopic (exact) mass is 662 g/mol. The summed E-state index contributed by atoms with van der Waals surface area (Å²) in [7, 11) is 1.43. The number of esters is 1. The number of aliphatic hydroxyl groups is 2. The van der Waals surface area contributed by atoms with Crippen molar-refractivity contribution in [3.8, 4) is 0 Å². The Balaban J connectivity index is 0.883. The van der Waals surface area contributed by atoms with Crippen LogP contribution in [0.15, 0.2) is 36.7 Å². The van der Waals surface area contributed by atoms with E-state index in [0.717, 1.165) is 5.56 Å². The molecule has 5 aliphatic rings. The van der Waals surface area contributed by atoms with Crippen molar-refractivity contribution in [1.29, 1.82) is 0 Å². The Labute approximate surface area is 269 Å². The fourth-order valence-corrected chi connectivity index (χ4v) is 6.65. The van der Waals surface area contributed by atoms with Crippen LogP contribution in [0.25, 0.3) is 0 Å². The number of hydrogen-bond acceptors (Lipinski definition) is 15. The Morgan fingerprint density at radius 3 is 2.47 bits per heavy atom. The fourth-order valence-electron chi connectivity index (χ4n) is 6.65. The average Bonchev–Trinajstić information content (AvgIpc) is 3.83. The van der Waals surface area contributed by atoms with Crippen LogP contribution in [0, 0.1) is 5.92 Å². The Kier molecular flexibility index (Phi) is 9.52. The van der Waals surface area contributed by atoms with Crippen molar-refractivity contribution in [1.82, 2.24) is 14.8 Å². The highest BCUT2D eigenvalue weighted by Gasteiger charge is 2.55. The van der Waals surface area contributed by atoms with Crippen LogP contribution in [0.2, 0.25) is 0 Å². The minimum atomic E-state index is -1.33. The van der Waals surface area contributed by atoms with Crippen molar-refractivity contribution >= 4 is 11.9 Å². The number of primary amides is 1. The topological polar surface area (TPSA) is 214 Å². The van der Waals surface area contributed by atoms with E-state index in [1.165, 1.54) is 18.1 Å². The van der Waals surface area contributed by atoms with Crippen molar-refractivity contribution in [3.63, 3.8) is 0 Å². The maximum absolute atomic E-state index is 13.1. The van der Waals surface area contributed by atoms with Crippen molar-refractivity contribution in [2.45, 2.75) is 99.8 Å². The lowest BCUT2D eigenvalue weighted by Gasteiger charge is -2.47. The Morgan fingerprint density at radius 2 is 1.74 bits per heavy atom. The maximum atomic E-state index is 13.1. The van der Waals surface area contributed by atoms with E-state index in [0.29, 0.717) is 25.7 Å². The predicted molar refractivity (Wildman–Crippen MR) is 151 cm³/mol. The maximum Gasteiger partial charge on any atom is 0.309 e. The number of nitrogens with zero attached hydrogens (tertiary/aromatic N) is 3. The van der Waals surface area contributed by atoms with E-state index in [1.54, 1.807) is 0 Å². The number of rotatable bonds is 9. The first-order valence-electron chi connectivity index (χ1n) is 15.6. The number of carbonyl (C=O) groups is 2. The number of fused-ring (bicyclic) bond motifs is 2. The van der Waals surface area contributed by atoms with Gasteiger partial charge in [-0.1, -0.05) is 30.3 Å². The summed E-state index contributed by atoms with van der Waals surface area (Å²) in [4.78, 5) is 28.4. The minimum absolute atomic E-state index is 0.109. The van der Waals surface area contributed by atoms with Crippen LogP contribution in [-0.4, -0.2) is 119 Å². The summed E-state index contributed by atoms with van der Waals surface area (Å²) in [5, 5.41) is 25.8. The number of carbonyl (C=O) groups excluding carboxylic acids is 2. The summed E-state index contributed by atoms with van der Waals surface area (Å²) >= 11 is 0. The Bertz CT molecular complexity index is 1390. The molecule has 5 unspecified atom stereocenters. The third kappa shape index (κ3) is 6.65. The number of hydrogen-bond donors (Lipinski definition) is 3. The lowest BCUT2D eigenvalue weighted by molar-refractivity contribution is -0.367. The third-order valence-corrected chi connectivity index (χ3v) is 9.13. The van der Waals surface area contributed by atoms with E-state index < -0.39 is 73.9 Å². The third-order valence-electron chi connectivity index (χ3n) is 9.13. The number of benzene rings is 1. The van der Waals surface area contributed by atoms with Crippen molar-refractivity contribution in [2.75, 3.05) is 20.3 Å². The zero-order valence-electron chi connectivity index (χ0n) is 25.5. The Hall–Kier alpha value is -3.10. The highest BCUT2D eigenvalue weighted by Crippen LogP contribution is 2.40. The van der Waals surface area contributed by atoms with Gasteiger partial charge in [0.15, 0.2) is 18.8 Å². The molecule has 1 aromatic heterocycles. The van der Waals surface area contributed by atoms with Crippen LogP contribution < -0.4 is 5.73 Å². The molecular weight excluding hydrogens is 624 g/mol. The zero-order chi connectivity index (χ0) is 32.7. The Morgan fingerprint density at radius 1 is 0.979 bits per heavy atom. The molecule has 0 radical (unpaired) electrons. The first kappa shape index (κ1) is 32.4. The molecule has 256 valence electrons.